The molecule has 1 atom stereocenters. The van der Waals surface area contributed by atoms with Crippen LogP contribution in [0.25, 0.3) is 0 Å². The van der Waals surface area contributed by atoms with Crippen LogP contribution >= 0.6 is 0 Å². The number of carbonyl (C=O) groups excluding carboxylic acids is 2. The molecule has 0 aliphatic carbocycles. The summed E-state index contributed by atoms with van der Waals surface area (Å²) in [6.45, 7) is 1.76. The lowest BCUT2D eigenvalue weighted by atomic mass is 10.2. The summed E-state index contributed by atoms with van der Waals surface area (Å²) in [5, 5.41) is 15.1. The Hall–Kier alpha value is -2.12. The van der Waals surface area contributed by atoms with Crippen molar-refractivity contribution in [3.8, 4) is 0 Å². The first-order valence-corrected chi connectivity index (χ1v) is 6.78. The van der Waals surface area contributed by atoms with Crippen LogP contribution in [0.4, 0.5) is 11.4 Å². The number of nitrogens with zero attached hydrogens (tertiary/aromatic N) is 1. The van der Waals surface area contributed by atoms with Gasteiger partial charge in [-0.1, -0.05) is 0 Å². The maximum atomic E-state index is 11.7. The third-order valence-corrected chi connectivity index (χ3v) is 3.14. The lowest BCUT2D eigenvalue weighted by molar-refractivity contribution is -0.125. The summed E-state index contributed by atoms with van der Waals surface area (Å²) in [5.74, 6) is -0.0441. The van der Waals surface area contributed by atoms with Crippen molar-refractivity contribution in [1.29, 1.82) is 0 Å². The van der Waals surface area contributed by atoms with Crippen molar-refractivity contribution in [3.63, 3.8) is 0 Å². The molecule has 1 fully saturated rings. The Labute approximate surface area is 122 Å². The molecule has 7 nitrogen and oxygen atoms in total. The second kappa shape index (κ2) is 7.61. The Morgan fingerprint density at radius 2 is 2.10 bits per heavy atom. The average Bonchev–Trinajstić information content (AvgIpc) is 2.52. The molecule has 1 aromatic rings. The van der Waals surface area contributed by atoms with Gasteiger partial charge in [0.2, 0.25) is 6.41 Å². The standard InChI is InChI=1S/C14H19N3O4/c18-10-15-7-13(19)8-16-11-1-3-12(4-2-11)17-5-6-21-9-14(17)20/h1-4,10,13,16,19H,5-9H2,(H,15,18). The van der Waals surface area contributed by atoms with Crippen LogP contribution in [0, 0.1) is 0 Å². The Morgan fingerprint density at radius 3 is 2.76 bits per heavy atom. The fourth-order valence-electron chi connectivity index (χ4n) is 2.04. The highest BCUT2D eigenvalue weighted by Crippen LogP contribution is 2.19. The zero-order valence-corrected chi connectivity index (χ0v) is 11.6. The maximum Gasteiger partial charge on any atom is 0.253 e. The molecule has 2 amide bonds. The highest BCUT2D eigenvalue weighted by molar-refractivity contribution is 5.94. The number of carbonyl (C=O) groups is 2. The molecule has 3 N–H and O–H groups in total. The minimum Gasteiger partial charge on any atom is -0.389 e. The molecular formula is C14H19N3O4. The molecule has 1 unspecified atom stereocenters. The summed E-state index contributed by atoms with van der Waals surface area (Å²) in [4.78, 5) is 23.5. The zero-order valence-electron chi connectivity index (χ0n) is 11.6. The van der Waals surface area contributed by atoms with Crippen molar-refractivity contribution in [2.45, 2.75) is 6.10 Å². The first kappa shape index (κ1) is 15.3. The van der Waals surface area contributed by atoms with Crippen LogP contribution in [0.3, 0.4) is 0 Å². The Kier molecular flexibility index (Phi) is 5.53. The van der Waals surface area contributed by atoms with E-state index in [0.29, 0.717) is 26.1 Å². The maximum absolute atomic E-state index is 11.7. The summed E-state index contributed by atoms with van der Waals surface area (Å²) in [7, 11) is 0. The molecule has 1 heterocycles. The summed E-state index contributed by atoms with van der Waals surface area (Å²) in [5.41, 5.74) is 1.67. The number of benzene rings is 1. The number of aliphatic hydroxyl groups is 1. The van der Waals surface area contributed by atoms with Gasteiger partial charge < -0.3 is 25.4 Å². The van der Waals surface area contributed by atoms with Gasteiger partial charge in [-0.25, -0.2) is 0 Å². The molecule has 0 radical (unpaired) electrons. The van der Waals surface area contributed by atoms with Crippen molar-refractivity contribution in [2.75, 3.05) is 43.1 Å². The quantitative estimate of drug-likeness (QED) is 0.593. The number of aliphatic hydroxyl groups excluding tert-OH is 1. The average molecular weight is 293 g/mol. The van der Waals surface area contributed by atoms with Crippen LogP contribution in [-0.4, -0.2) is 56.4 Å². The normalized spacial score (nSPS) is 16.4. The molecule has 1 aromatic carbocycles. The summed E-state index contributed by atoms with van der Waals surface area (Å²) >= 11 is 0. The third-order valence-electron chi connectivity index (χ3n) is 3.14. The van der Waals surface area contributed by atoms with Crippen LogP contribution in [0.1, 0.15) is 0 Å². The number of morpholine rings is 1. The molecule has 1 aliphatic heterocycles. The molecule has 21 heavy (non-hydrogen) atoms. The summed E-state index contributed by atoms with van der Waals surface area (Å²) in [6, 6.07) is 7.39. The molecular weight excluding hydrogens is 274 g/mol. The number of amides is 2. The Balaban J connectivity index is 1.86. The van der Waals surface area contributed by atoms with Gasteiger partial charge in [-0.15, -0.1) is 0 Å². The number of hydrogen-bond acceptors (Lipinski definition) is 5. The van der Waals surface area contributed by atoms with Crippen LogP contribution < -0.4 is 15.5 Å². The van der Waals surface area contributed by atoms with Gasteiger partial charge in [-0.3, -0.25) is 9.59 Å². The second-order valence-corrected chi connectivity index (χ2v) is 4.71. The van der Waals surface area contributed by atoms with E-state index >= 15 is 0 Å². The van der Waals surface area contributed by atoms with Gasteiger partial charge >= 0.3 is 0 Å². The molecule has 2 rings (SSSR count). The van der Waals surface area contributed by atoms with Gasteiger partial charge in [0, 0.05) is 31.0 Å². The number of rotatable bonds is 7. The summed E-state index contributed by atoms with van der Waals surface area (Å²) < 4.78 is 5.09. The topological polar surface area (TPSA) is 90.9 Å². The smallest absolute Gasteiger partial charge is 0.253 e. The van der Waals surface area contributed by atoms with E-state index in [0.717, 1.165) is 11.4 Å². The van der Waals surface area contributed by atoms with Crippen molar-refractivity contribution < 1.29 is 19.4 Å². The van der Waals surface area contributed by atoms with E-state index in [1.807, 2.05) is 24.3 Å². The highest BCUT2D eigenvalue weighted by Gasteiger charge is 2.19. The largest absolute Gasteiger partial charge is 0.389 e. The van der Waals surface area contributed by atoms with Crippen molar-refractivity contribution in [1.82, 2.24) is 5.32 Å². The van der Waals surface area contributed by atoms with Crippen molar-refractivity contribution in [2.24, 2.45) is 0 Å². The molecule has 0 spiro atoms. The van der Waals surface area contributed by atoms with Gasteiger partial charge in [0.1, 0.15) is 6.61 Å². The van der Waals surface area contributed by atoms with Gasteiger partial charge in [0.25, 0.3) is 5.91 Å². The van der Waals surface area contributed by atoms with Crippen molar-refractivity contribution in [3.05, 3.63) is 24.3 Å². The monoisotopic (exact) mass is 293 g/mol. The van der Waals surface area contributed by atoms with Gasteiger partial charge in [0.05, 0.1) is 12.7 Å². The van der Waals surface area contributed by atoms with Crippen molar-refractivity contribution >= 4 is 23.7 Å². The first-order chi connectivity index (χ1) is 10.2. The van der Waals surface area contributed by atoms with Gasteiger partial charge in [-0.2, -0.15) is 0 Å². The highest BCUT2D eigenvalue weighted by atomic mass is 16.5. The minimum atomic E-state index is -0.657. The predicted molar refractivity (Wildman–Crippen MR) is 78.2 cm³/mol. The van der Waals surface area contributed by atoms with E-state index in [4.69, 9.17) is 4.74 Å². The Bertz CT molecular complexity index is 478. The van der Waals surface area contributed by atoms with E-state index < -0.39 is 6.10 Å². The third kappa shape index (κ3) is 4.44. The van der Waals surface area contributed by atoms with Crippen LogP contribution in [0.5, 0.6) is 0 Å². The summed E-state index contributed by atoms with van der Waals surface area (Å²) in [6.07, 6.45) is -0.104. The first-order valence-electron chi connectivity index (χ1n) is 6.78. The number of nitrogens with one attached hydrogen (secondary N) is 2. The number of ether oxygens (including phenoxy) is 1. The molecule has 1 aliphatic rings. The number of hydrogen-bond donors (Lipinski definition) is 3. The van der Waals surface area contributed by atoms with E-state index in [1.54, 1.807) is 4.90 Å². The van der Waals surface area contributed by atoms with E-state index in [2.05, 4.69) is 10.6 Å². The zero-order chi connectivity index (χ0) is 15.1. The SMILES string of the molecule is O=CNCC(O)CNc1ccc(N2CCOCC2=O)cc1. The van der Waals surface area contributed by atoms with Crippen LogP contribution in [-0.2, 0) is 14.3 Å². The Morgan fingerprint density at radius 1 is 1.33 bits per heavy atom. The fraction of sp³-hybridized carbons (Fsp3) is 0.429. The molecule has 1 saturated heterocycles. The van der Waals surface area contributed by atoms with E-state index in [1.165, 1.54) is 0 Å². The van der Waals surface area contributed by atoms with Crippen LogP contribution in [0.15, 0.2) is 24.3 Å². The van der Waals surface area contributed by atoms with Gasteiger partial charge in [0.15, 0.2) is 0 Å². The molecule has 0 bridgehead atoms. The van der Waals surface area contributed by atoms with Crippen LogP contribution in [0.2, 0.25) is 0 Å². The molecule has 0 saturated carbocycles. The number of anilines is 2. The van der Waals surface area contributed by atoms with Gasteiger partial charge in [-0.05, 0) is 24.3 Å². The van der Waals surface area contributed by atoms with E-state index in [-0.39, 0.29) is 19.1 Å². The molecule has 114 valence electrons. The molecule has 0 aromatic heterocycles. The lowest BCUT2D eigenvalue weighted by Gasteiger charge is -2.27. The lowest BCUT2D eigenvalue weighted by Crippen LogP contribution is -2.41. The predicted octanol–water partition coefficient (Wildman–Crippen LogP) is -0.431. The fourth-order valence-corrected chi connectivity index (χ4v) is 2.04. The van der Waals surface area contributed by atoms with E-state index in [9.17, 15) is 14.7 Å². The minimum absolute atomic E-state index is 0.0441. The molecule has 7 heteroatoms. The second-order valence-electron chi connectivity index (χ2n) is 4.71.